The molecule has 0 aliphatic carbocycles. The van der Waals surface area contributed by atoms with Crippen molar-refractivity contribution in [2.75, 3.05) is 25.0 Å². The summed E-state index contributed by atoms with van der Waals surface area (Å²) in [5, 5.41) is 14.0. The number of halogens is 2. The van der Waals surface area contributed by atoms with Crippen LogP contribution in [0.4, 0.5) is 10.2 Å². The average molecular weight is 287 g/mol. The summed E-state index contributed by atoms with van der Waals surface area (Å²) in [6, 6.07) is 0. The Kier molecular flexibility index (Phi) is 4.49. The fourth-order valence-electron chi connectivity index (χ4n) is 2.22. The van der Waals surface area contributed by atoms with Crippen molar-refractivity contribution in [2.24, 2.45) is 5.92 Å². The van der Waals surface area contributed by atoms with Gasteiger partial charge < -0.3 is 10.6 Å². The van der Waals surface area contributed by atoms with Crippen LogP contribution in [0.3, 0.4) is 0 Å². The fourth-order valence-corrected chi connectivity index (χ4v) is 2.22. The summed E-state index contributed by atoms with van der Waals surface area (Å²) in [6.07, 6.45) is 5.11. The zero-order valence-electron chi connectivity index (χ0n) is 10.3. The third kappa shape index (κ3) is 2.93. The van der Waals surface area contributed by atoms with Gasteiger partial charge in [-0.1, -0.05) is 0 Å². The number of hydrogen-bond donors (Lipinski definition) is 2. The van der Waals surface area contributed by atoms with E-state index in [1.807, 2.05) is 0 Å². The van der Waals surface area contributed by atoms with E-state index in [-0.39, 0.29) is 18.3 Å². The maximum Gasteiger partial charge on any atom is 0.203 e. The van der Waals surface area contributed by atoms with Crippen molar-refractivity contribution in [3.8, 4) is 0 Å². The zero-order valence-corrected chi connectivity index (χ0v) is 11.1. The van der Waals surface area contributed by atoms with Crippen molar-refractivity contribution in [2.45, 2.75) is 12.6 Å². The minimum absolute atomic E-state index is 0. The summed E-state index contributed by atoms with van der Waals surface area (Å²) >= 11 is 0. The van der Waals surface area contributed by atoms with Crippen LogP contribution in [0.5, 0.6) is 0 Å². The number of fused-ring (bicyclic) bond motifs is 1. The molecule has 0 radical (unpaired) electrons. The number of hydrogen-bond acceptors (Lipinski definition) is 5. The minimum atomic E-state index is -0.802. The van der Waals surface area contributed by atoms with Crippen molar-refractivity contribution < 1.29 is 4.39 Å². The van der Waals surface area contributed by atoms with E-state index in [9.17, 15) is 4.39 Å². The van der Waals surface area contributed by atoms with E-state index < -0.39 is 6.17 Å². The molecule has 0 spiro atoms. The second kappa shape index (κ2) is 6.12. The lowest BCUT2D eigenvalue weighted by Gasteiger charge is -2.26. The van der Waals surface area contributed by atoms with Gasteiger partial charge in [0.25, 0.3) is 0 Å². The van der Waals surface area contributed by atoms with Crippen LogP contribution >= 0.6 is 12.4 Å². The highest BCUT2D eigenvalue weighted by atomic mass is 35.5. The van der Waals surface area contributed by atoms with Gasteiger partial charge in [-0.2, -0.15) is 0 Å². The van der Waals surface area contributed by atoms with Gasteiger partial charge in [0.1, 0.15) is 12.5 Å². The van der Waals surface area contributed by atoms with E-state index in [4.69, 9.17) is 0 Å². The van der Waals surface area contributed by atoms with Gasteiger partial charge in [0, 0.05) is 31.4 Å². The van der Waals surface area contributed by atoms with E-state index in [0.717, 1.165) is 13.0 Å². The Hall–Kier alpha value is -1.47. The molecular formula is C11H16ClFN6. The summed E-state index contributed by atoms with van der Waals surface area (Å²) < 4.78 is 15.4. The highest BCUT2D eigenvalue weighted by Crippen LogP contribution is 2.17. The number of nitrogens with one attached hydrogen (secondary N) is 2. The minimum Gasteiger partial charge on any atom is -0.367 e. The van der Waals surface area contributed by atoms with E-state index >= 15 is 0 Å². The van der Waals surface area contributed by atoms with E-state index in [0.29, 0.717) is 24.6 Å². The van der Waals surface area contributed by atoms with Crippen molar-refractivity contribution in [1.29, 1.82) is 0 Å². The lowest BCUT2D eigenvalue weighted by atomic mass is 9.96. The molecule has 6 nitrogen and oxygen atoms in total. The van der Waals surface area contributed by atoms with Gasteiger partial charge in [0.05, 0.1) is 0 Å². The standard InChI is InChI=1S/C11H15FN6.ClH/c12-9-6-13-2-1-8(9)5-15-10-11-17-16-7-18(11)4-3-14-10;/h3-4,7-9,13H,1-2,5-6H2,(H,14,15);1H/t8-,9-;/m1./s1. The molecule has 8 heteroatoms. The summed E-state index contributed by atoms with van der Waals surface area (Å²) in [5.74, 6) is 0.678. The first-order valence-corrected chi connectivity index (χ1v) is 6.07. The molecule has 19 heavy (non-hydrogen) atoms. The molecule has 0 unspecified atom stereocenters. The monoisotopic (exact) mass is 286 g/mol. The van der Waals surface area contributed by atoms with Gasteiger partial charge in [0.15, 0.2) is 5.82 Å². The summed E-state index contributed by atoms with van der Waals surface area (Å²) in [6.45, 7) is 1.88. The van der Waals surface area contributed by atoms with Gasteiger partial charge >= 0.3 is 0 Å². The molecule has 0 aromatic carbocycles. The second-order valence-electron chi connectivity index (χ2n) is 4.49. The van der Waals surface area contributed by atoms with Crippen molar-refractivity contribution >= 4 is 23.9 Å². The summed E-state index contributed by atoms with van der Waals surface area (Å²) in [7, 11) is 0. The average Bonchev–Trinajstić information content (AvgIpc) is 2.86. The Morgan fingerprint density at radius 2 is 2.42 bits per heavy atom. The smallest absolute Gasteiger partial charge is 0.203 e. The van der Waals surface area contributed by atoms with Gasteiger partial charge in [-0.3, -0.25) is 4.40 Å². The SMILES string of the molecule is Cl.F[C@@H]1CNCC[C@@H]1CNc1nccn2cnnc12. The molecule has 1 aliphatic rings. The van der Waals surface area contributed by atoms with Crippen molar-refractivity contribution in [3.63, 3.8) is 0 Å². The van der Waals surface area contributed by atoms with Crippen LogP contribution in [-0.2, 0) is 0 Å². The molecule has 1 aliphatic heterocycles. The van der Waals surface area contributed by atoms with Crippen LogP contribution in [0.1, 0.15) is 6.42 Å². The van der Waals surface area contributed by atoms with Gasteiger partial charge in [-0.25, -0.2) is 9.37 Å². The third-order valence-electron chi connectivity index (χ3n) is 3.29. The molecule has 2 N–H and O–H groups in total. The number of rotatable bonds is 3. The molecule has 104 valence electrons. The second-order valence-corrected chi connectivity index (χ2v) is 4.49. The lowest BCUT2D eigenvalue weighted by Crippen LogP contribution is -2.40. The van der Waals surface area contributed by atoms with Crippen LogP contribution in [0.2, 0.25) is 0 Å². The van der Waals surface area contributed by atoms with Gasteiger partial charge in [-0.05, 0) is 13.0 Å². The Labute approximate surface area is 116 Å². The van der Waals surface area contributed by atoms with Gasteiger partial charge in [0.2, 0.25) is 5.65 Å². The Bertz CT molecular complexity index is 533. The Morgan fingerprint density at radius 3 is 3.26 bits per heavy atom. The first-order chi connectivity index (χ1) is 8.84. The van der Waals surface area contributed by atoms with Crippen LogP contribution < -0.4 is 10.6 Å². The zero-order chi connectivity index (χ0) is 12.4. The predicted octanol–water partition coefficient (Wildman–Crippen LogP) is 0.906. The summed E-state index contributed by atoms with van der Waals surface area (Å²) in [4.78, 5) is 4.22. The number of piperidine rings is 1. The van der Waals surface area contributed by atoms with Crippen LogP contribution in [0, 0.1) is 5.92 Å². The number of alkyl halides is 1. The number of nitrogens with zero attached hydrogens (tertiary/aromatic N) is 4. The largest absolute Gasteiger partial charge is 0.367 e. The van der Waals surface area contributed by atoms with E-state index in [2.05, 4.69) is 25.8 Å². The lowest BCUT2D eigenvalue weighted by molar-refractivity contribution is 0.189. The third-order valence-corrected chi connectivity index (χ3v) is 3.29. The molecular weight excluding hydrogens is 271 g/mol. The fraction of sp³-hybridized carbons (Fsp3) is 0.545. The molecule has 3 rings (SSSR count). The van der Waals surface area contributed by atoms with E-state index in [1.54, 1.807) is 23.1 Å². The molecule has 1 saturated heterocycles. The first kappa shape index (κ1) is 14.0. The quantitative estimate of drug-likeness (QED) is 0.878. The normalized spacial score (nSPS) is 23.0. The van der Waals surface area contributed by atoms with Crippen LogP contribution in [-0.4, -0.2) is 45.4 Å². The highest BCUT2D eigenvalue weighted by Gasteiger charge is 2.24. The molecule has 0 saturated carbocycles. The van der Waals surface area contributed by atoms with Crippen molar-refractivity contribution in [1.82, 2.24) is 24.9 Å². The predicted molar refractivity (Wildman–Crippen MR) is 72.4 cm³/mol. The Balaban J connectivity index is 0.00000133. The molecule has 3 heterocycles. The molecule has 2 atom stereocenters. The van der Waals surface area contributed by atoms with Crippen LogP contribution in [0.25, 0.3) is 5.65 Å². The Morgan fingerprint density at radius 1 is 1.53 bits per heavy atom. The molecule has 1 fully saturated rings. The maximum absolute atomic E-state index is 13.6. The van der Waals surface area contributed by atoms with E-state index in [1.165, 1.54) is 0 Å². The first-order valence-electron chi connectivity index (χ1n) is 6.07. The molecule has 2 aromatic heterocycles. The van der Waals surface area contributed by atoms with Gasteiger partial charge in [-0.15, -0.1) is 22.6 Å². The molecule has 0 amide bonds. The summed E-state index contributed by atoms with van der Waals surface area (Å²) in [5.41, 5.74) is 0.668. The molecule has 0 bridgehead atoms. The van der Waals surface area contributed by atoms with Crippen LogP contribution in [0.15, 0.2) is 18.7 Å². The number of aromatic nitrogens is 4. The molecule has 2 aromatic rings. The van der Waals surface area contributed by atoms with Crippen molar-refractivity contribution in [3.05, 3.63) is 18.7 Å². The highest BCUT2D eigenvalue weighted by molar-refractivity contribution is 5.85. The maximum atomic E-state index is 13.6. The topological polar surface area (TPSA) is 67.1 Å². The number of anilines is 1.